The van der Waals surface area contributed by atoms with Crippen LogP contribution in [0.15, 0.2) is 0 Å². The van der Waals surface area contributed by atoms with Crippen molar-refractivity contribution in [3.63, 3.8) is 0 Å². The summed E-state index contributed by atoms with van der Waals surface area (Å²) < 4.78 is 9.77. The highest BCUT2D eigenvalue weighted by Gasteiger charge is 2.21. The number of ketones is 1. The molecule has 0 aromatic carbocycles. The van der Waals surface area contributed by atoms with Crippen LogP contribution in [0.5, 0.6) is 0 Å². The molecule has 14 heavy (non-hydrogen) atoms. The van der Waals surface area contributed by atoms with Crippen molar-refractivity contribution in [3.8, 4) is 0 Å². The summed E-state index contributed by atoms with van der Waals surface area (Å²) >= 11 is 0. The van der Waals surface area contributed by atoms with Gasteiger partial charge in [0.05, 0.1) is 0 Å². The third kappa shape index (κ3) is 5.70. The van der Waals surface area contributed by atoms with Gasteiger partial charge in [-0.1, -0.05) is 0 Å². The smallest absolute Gasteiger partial charge is 0.313 e. The van der Waals surface area contributed by atoms with Crippen LogP contribution in [0.4, 0.5) is 0 Å². The van der Waals surface area contributed by atoms with E-state index in [0.29, 0.717) is 0 Å². The van der Waals surface area contributed by atoms with Crippen LogP contribution in [0.3, 0.4) is 0 Å². The molecule has 0 spiro atoms. The highest BCUT2D eigenvalue weighted by atomic mass is 16.6. The van der Waals surface area contributed by atoms with Gasteiger partial charge in [-0.25, -0.2) is 0 Å². The van der Waals surface area contributed by atoms with Crippen LogP contribution in [-0.4, -0.2) is 30.6 Å². The second kappa shape index (κ2) is 5.10. The molecule has 0 saturated heterocycles. The highest BCUT2D eigenvalue weighted by molar-refractivity contribution is 5.97. The molecule has 0 aromatic rings. The Morgan fingerprint density at radius 2 is 1.79 bits per heavy atom. The molecule has 0 N–H and O–H groups in total. The van der Waals surface area contributed by atoms with E-state index in [1.165, 1.54) is 7.11 Å². The third-order valence-corrected chi connectivity index (χ3v) is 1.55. The number of carbonyl (C=O) groups is 2. The van der Waals surface area contributed by atoms with Crippen LogP contribution in [0.25, 0.3) is 0 Å². The van der Waals surface area contributed by atoms with Crippen molar-refractivity contribution >= 4 is 11.8 Å². The standard InChI is InChI=1S/C10H18O4/c1-7(13-5)8(11)6-9(12)14-10(2,3)4/h7H,6H2,1-5H3. The molecule has 1 unspecified atom stereocenters. The van der Waals surface area contributed by atoms with Crippen LogP contribution >= 0.6 is 0 Å². The maximum absolute atomic E-state index is 11.2. The fourth-order valence-corrected chi connectivity index (χ4v) is 0.795. The lowest BCUT2D eigenvalue weighted by molar-refractivity contribution is -0.157. The van der Waals surface area contributed by atoms with Gasteiger partial charge < -0.3 is 9.47 Å². The molecule has 0 aromatic heterocycles. The van der Waals surface area contributed by atoms with Gasteiger partial charge in [0.2, 0.25) is 0 Å². The lowest BCUT2D eigenvalue weighted by atomic mass is 10.1. The van der Waals surface area contributed by atoms with Gasteiger partial charge in [-0.2, -0.15) is 0 Å². The quantitative estimate of drug-likeness (QED) is 0.509. The van der Waals surface area contributed by atoms with E-state index in [-0.39, 0.29) is 12.2 Å². The maximum atomic E-state index is 11.2. The summed E-state index contributed by atoms with van der Waals surface area (Å²) in [6.07, 6.45) is -0.783. The molecule has 0 bridgehead atoms. The first-order chi connectivity index (χ1) is 6.26. The number of esters is 1. The van der Waals surface area contributed by atoms with Crippen molar-refractivity contribution in [2.75, 3.05) is 7.11 Å². The molecule has 0 heterocycles. The number of rotatable bonds is 4. The fraction of sp³-hybridized carbons (Fsp3) is 0.800. The van der Waals surface area contributed by atoms with Gasteiger partial charge in [-0.05, 0) is 27.7 Å². The van der Waals surface area contributed by atoms with E-state index in [4.69, 9.17) is 9.47 Å². The lowest BCUT2D eigenvalue weighted by Gasteiger charge is -2.19. The Kier molecular flexibility index (Phi) is 4.77. The molecule has 0 aliphatic rings. The summed E-state index contributed by atoms with van der Waals surface area (Å²) in [5, 5.41) is 0. The summed E-state index contributed by atoms with van der Waals surface area (Å²) in [5.74, 6) is -0.770. The Hall–Kier alpha value is -0.900. The average molecular weight is 202 g/mol. The van der Waals surface area contributed by atoms with Gasteiger partial charge in [0, 0.05) is 7.11 Å². The molecule has 0 saturated carbocycles. The number of Topliss-reactive ketones (excluding diaryl/α,β-unsaturated/α-hetero) is 1. The number of ether oxygens (including phenoxy) is 2. The minimum Gasteiger partial charge on any atom is -0.460 e. The molecular formula is C10H18O4. The summed E-state index contributed by atoms with van der Waals surface area (Å²) in [4.78, 5) is 22.4. The van der Waals surface area contributed by atoms with Gasteiger partial charge in [0.15, 0.2) is 5.78 Å². The van der Waals surface area contributed by atoms with Crippen molar-refractivity contribution in [1.29, 1.82) is 0 Å². The summed E-state index contributed by atoms with van der Waals surface area (Å²) in [6, 6.07) is 0. The van der Waals surface area contributed by atoms with E-state index < -0.39 is 17.7 Å². The first kappa shape index (κ1) is 13.1. The summed E-state index contributed by atoms with van der Waals surface area (Å²) in [7, 11) is 1.43. The van der Waals surface area contributed by atoms with Crippen molar-refractivity contribution in [3.05, 3.63) is 0 Å². The zero-order valence-electron chi connectivity index (χ0n) is 9.42. The molecule has 0 amide bonds. The Balaban J connectivity index is 4.02. The molecule has 82 valence electrons. The van der Waals surface area contributed by atoms with Gasteiger partial charge in [-0.15, -0.1) is 0 Å². The van der Waals surface area contributed by atoms with Gasteiger partial charge in [0.1, 0.15) is 18.1 Å². The lowest BCUT2D eigenvalue weighted by Crippen LogP contribution is -2.28. The van der Waals surface area contributed by atoms with Crippen LogP contribution in [0.2, 0.25) is 0 Å². The molecule has 0 rings (SSSR count). The van der Waals surface area contributed by atoms with Crippen molar-refractivity contribution < 1.29 is 19.1 Å². The zero-order valence-corrected chi connectivity index (χ0v) is 9.42. The monoisotopic (exact) mass is 202 g/mol. The third-order valence-electron chi connectivity index (χ3n) is 1.55. The van der Waals surface area contributed by atoms with Crippen LogP contribution in [0, 0.1) is 0 Å². The van der Waals surface area contributed by atoms with E-state index >= 15 is 0 Å². The number of hydrogen-bond acceptors (Lipinski definition) is 4. The van der Waals surface area contributed by atoms with Crippen LogP contribution in [-0.2, 0) is 19.1 Å². The molecule has 1 atom stereocenters. The van der Waals surface area contributed by atoms with E-state index in [9.17, 15) is 9.59 Å². The second-order valence-corrected chi connectivity index (χ2v) is 4.11. The second-order valence-electron chi connectivity index (χ2n) is 4.11. The van der Waals surface area contributed by atoms with E-state index in [2.05, 4.69) is 0 Å². The van der Waals surface area contributed by atoms with Gasteiger partial charge in [-0.3, -0.25) is 9.59 Å². The SMILES string of the molecule is COC(C)C(=O)CC(=O)OC(C)(C)C. The Morgan fingerprint density at radius 1 is 1.29 bits per heavy atom. The largest absolute Gasteiger partial charge is 0.460 e. The normalized spacial score (nSPS) is 13.5. The minimum absolute atomic E-state index is 0.230. The Labute approximate surface area is 84.6 Å². The molecule has 0 fully saturated rings. The topological polar surface area (TPSA) is 52.6 Å². The van der Waals surface area contributed by atoms with Crippen LogP contribution < -0.4 is 0 Å². The van der Waals surface area contributed by atoms with Crippen molar-refractivity contribution in [2.24, 2.45) is 0 Å². The predicted octanol–water partition coefficient (Wildman–Crippen LogP) is 1.32. The van der Waals surface area contributed by atoms with Crippen molar-refractivity contribution in [2.45, 2.75) is 45.8 Å². The van der Waals surface area contributed by atoms with Crippen molar-refractivity contribution in [1.82, 2.24) is 0 Å². The number of methoxy groups -OCH3 is 1. The molecule has 4 heteroatoms. The summed E-state index contributed by atoms with van der Waals surface area (Å²) in [6.45, 7) is 6.88. The number of carbonyl (C=O) groups excluding carboxylic acids is 2. The molecular weight excluding hydrogens is 184 g/mol. The highest BCUT2D eigenvalue weighted by Crippen LogP contribution is 2.09. The maximum Gasteiger partial charge on any atom is 0.313 e. The van der Waals surface area contributed by atoms with Gasteiger partial charge >= 0.3 is 5.97 Å². The average Bonchev–Trinajstić information content (AvgIpc) is 1.99. The zero-order chi connectivity index (χ0) is 11.4. The fourth-order valence-electron chi connectivity index (χ4n) is 0.795. The number of hydrogen-bond donors (Lipinski definition) is 0. The first-order valence-corrected chi connectivity index (χ1v) is 4.53. The first-order valence-electron chi connectivity index (χ1n) is 4.53. The molecule has 0 radical (unpaired) electrons. The minimum atomic E-state index is -0.553. The molecule has 0 aliphatic heterocycles. The van der Waals surface area contributed by atoms with E-state index in [1.54, 1.807) is 27.7 Å². The van der Waals surface area contributed by atoms with Crippen LogP contribution in [0.1, 0.15) is 34.1 Å². The Bertz CT molecular complexity index is 215. The van der Waals surface area contributed by atoms with E-state index in [1.807, 2.05) is 0 Å². The van der Waals surface area contributed by atoms with Gasteiger partial charge in [0.25, 0.3) is 0 Å². The molecule has 4 nitrogen and oxygen atoms in total. The summed E-state index contributed by atoms with van der Waals surface area (Å²) in [5.41, 5.74) is -0.548. The predicted molar refractivity (Wildman–Crippen MR) is 51.9 cm³/mol. The molecule has 0 aliphatic carbocycles. The Morgan fingerprint density at radius 3 is 2.14 bits per heavy atom. The van der Waals surface area contributed by atoms with E-state index in [0.717, 1.165) is 0 Å².